The number of hydrogen-bond acceptors (Lipinski definition) is 10. The van der Waals surface area contributed by atoms with Crippen LogP contribution in [-0.2, 0) is 0 Å². The molecule has 0 amide bonds. The molecule has 8 heterocycles. The number of benzene rings is 19. The average molecular weight is 1610 g/mol. The predicted molar refractivity (Wildman–Crippen MR) is 513 cm³/mol. The van der Waals surface area contributed by atoms with E-state index >= 15 is 0 Å². The first-order chi connectivity index (χ1) is 62.4. The number of nitrogens with zero attached hydrogens (tertiary/aromatic N) is 8. The van der Waals surface area contributed by atoms with Gasteiger partial charge >= 0.3 is 0 Å². The normalized spacial score (nSPS) is 12.0. The van der Waals surface area contributed by atoms with Crippen molar-refractivity contribution in [1.82, 2.24) is 39.0 Å². The molecule has 0 atom stereocenters. The Labute approximate surface area is 718 Å². The molecule has 0 aliphatic rings. The second-order valence-electron chi connectivity index (χ2n) is 32.3. The third kappa shape index (κ3) is 11.4. The number of para-hydroxylation sites is 6. The Morgan fingerprint density at radius 2 is 0.492 bits per heavy atom. The maximum atomic E-state index is 6.94. The molecule has 19 aromatic carbocycles. The summed E-state index contributed by atoms with van der Waals surface area (Å²) in [4.78, 5) is 30.3. The van der Waals surface area contributed by atoms with E-state index in [0.717, 1.165) is 177 Å². The van der Waals surface area contributed by atoms with Crippen LogP contribution in [0.3, 0.4) is 0 Å². The second-order valence-corrected chi connectivity index (χ2v) is 32.3. The molecule has 0 aliphatic carbocycles. The van der Waals surface area contributed by atoms with Crippen molar-refractivity contribution in [2.24, 2.45) is 0 Å². The zero-order valence-corrected chi connectivity index (χ0v) is 67.3. The van der Waals surface area contributed by atoms with Gasteiger partial charge in [-0.2, -0.15) is 0 Å². The van der Waals surface area contributed by atoms with Gasteiger partial charge in [-0.15, -0.1) is 0 Å². The minimum Gasteiger partial charge on any atom is -0.456 e. The lowest BCUT2D eigenvalue weighted by Crippen LogP contribution is -2.00. The molecule has 126 heavy (non-hydrogen) atoms. The number of furan rings is 4. The van der Waals surface area contributed by atoms with Crippen LogP contribution in [0.4, 0.5) is 0 Å². The van der Waals surface area contributed by atoms with E-state index in [1.54, 1.807) is 0 Å². The summed E-state index contributed by atoms with van der Waals surface area (Å²) in [6, 6.07) is 140. The smallest absolute Gasteiger partial charge is 0.167 e. The average Bonchev–Trinajstić information content (AvgIpc) is 1.56. The SMILES string of the molecule is c1ccc(-c2nc(-c3ccc(-c4ccc(-n5c6cc7ccccc7cc6c6cc7ccccc7cc65)c5oc6ccccc6c45)cc3)nc(-c3cccc4c3oc3ccccc34)n2)cc1.c1ccc(-c2nc(-c3ccc(-c4ccc(-n5c6ccccc6c6cc7ccccc7cc65)c5oc6ccccc6c45)cc3)nc(-c3ccc4c(c3)oc3ccccc34)n2)cc1. The van der Waals surface area contributed by atoms with Crippen LogP contribution in [0.25, 0.3) is 266 Å². The molecule has 0 radical (unpaired) electrons. The van der Waals surface area contributed by atoms with Gasteiger partial charge in [-0.1, -0.05) is 303 Å². The molecule has 0 aliphatic heterocycles. The van der Waals surface area contributed by atoms with E-state index in [1.165, 1.54) is 53.9 Å². The molecule has 12 nitrogen and oxygen atoms in total. The summed E-state index contributed by atoms with van der Waals surface area (Å²) in [7, 11) is 0. The maximum Gasteiger partial charge on any atom is 0.167 e. The summed E-state index contributed by atoms with van der Waals surface area (Å²) in [6.07, 6.45) is 0. The van der Waals surface area contributed by atoms with Gasteiger partial charge in [0.2, 0.25) is 0 Å². The molecule has 0 N–H and O–H groups in total. The van der Waals surface area contributed by atoms with E-state index in [1.807, 2.05) is 127 Å². The Bertz CT molecular complexity index is 9080. The van der Waals surface area contributed by atoms with E-state index in [0.29, 0.717) is 34.9 Å². The summed E-state index contributed by atoms with van der Waals surface area (Å²) in [6.45, 7) is 0. The predicted octanol–water partition coefficient (Wildman–Crippen LogP) is 30.3. The van der Waals surface area contributed by atoms with Crippen LogP contribution in [-0.4, -0.2) is 39.0 Å². The standard InChI is InChI=1S/C59H34N4O2.C55H32N4O2/c1-2-13-36(14-3-1)57-60-58(62-59(61-57)46-22-12-21-44-43-19-8-10-23-52(43)64-55(44)46)37-27-25-35(26-28-37)42-29-30-49(56-54(42)45-20-9-11-24-53(45)65-56)63-50-33-40-17-6-4-15-38(40)31-47(50)48-32-39-16-5-7-18-41(39)34-51(48)63;1-2-12-34(13-3-1)53-56-54(58-55(57-53)38-26-27-42-41-17-7-10-20-48(41)60-50(42)32-38)35-24-22-33(23-25-35)39-28-29-46(52-51(39)43-18-8-11-21-49(43)61-52)59-45-19-9-6-16-40(45)44-30-36-14-4-5-15-37(36)31-47(44)59/h1-34H;1-32H. The number of fused-ring (bicyclic) bond motifs is 21. The van der Waals surface area contributed by atoms with Gasteiger partial charge in [0.25, 0.3) is 0 Å². The largest absolute Gasteiger partial charge is 0.456 e. The minimum atomic E-state index is 0.552. The second kappa shape index (κ2) is 28.2. The van der Waals surface area contributed by atoms with Crippen molar-refractivity contribution in [2.75, 3.05) is 0 Å². The molecule has 0 unspecified atom stereocenters. The molecular formula is C114H66N8O4. The number of rotatable bonds is 10. The molecule has 586 valence electrons. The summed E-state index contributed by atoms with van der Waals surface area (Å²) < 4.78 is 31.3. The van der Waals surface area contributed by atoms with E-state index in [-0.39, 0.29) is 0 Å². The lowest BCUT2D eigenvalue weighted by atomic mass is 9.97. The summed E-state index contributed by atoms with van der Waals surface area (Å²) >= 11 is 0. The van der Waals surface area contributed by atoms with Gasteiger partial charge in [-0.25, -0.2) is 29.9 Å². The quantitative estimate of drug-likeness (QED) is 0.130. The van der Waals surface area contributed by atoms with E-state index in [9.17, 15) is 0 Å². The highest BCUT2D eigenvalue weighted by Gasteiger charge is 2.27. The van der Waals surface area contributed by atoms with Gasteiger partial charge in [0.1, 0.15) is 33.5 Å². The highest BCUT2D eigenvalue weighted by Crippen LogP contribution is 2.48. The highest BCUT2D eigenvalue weighted by molar-refractivity contribution is 6.22. The Balaban J connectivity index is 0.000000134. The van der Waals surface area contributed by atoms with Crippen LogP contribution >= 0.6 is 0 Å². The fourth-order valence-electron chi connectivity index (χ4n) is 19.1. The van der Waals surface area contributed by atoms with Crippen molar-refractivity contribution in [3.63, 3.8) is 0 Å². The number of aromatic nitrogens is 8. The van der Waals surface area contributed by atoms with Gasteiger partial charge in [0.15, 0.2) is 46.1 Å². The van der Waals surface area contributed by atoms with E-state index in [4.69, 9.17) is 47.6 Å². The van der Waals surface area contributed by atoms with Crippen LogP contribution < -0.4 is 0 Å². The first-order valence-electron chi connectivity index (χ1n) is 42.3. The van der Waals surface area contributed by atoms with Gasteiger partial charge in [-0.3, -0.25) is 0 Å². The van der Waals surface area contributed by atoms with Gasteiger partial charge < -0.3 is 26.8 Å². The number of hydrogen-bond donors (Lipinski definition) is 0. The van der Waals surface area contributed by atoms with E-state index < -0.39 is 0 Å². The summed E-state index contributed by atoms with van der Waals surface area (Å²) in [5, 5.41) is 20.6. The lowest BCUT2D eigenvalue weighted by Gasteiger charge is -2.13. The third-order valence-electron chi connectivity index (χ3n) is 25.1. The molecule has 27 aromatic rings. The fourth-order valence-corrected chi connectivity index (χ4v) is 19.1. The van der Waals surface area contributed by atoms with Gasteiger partial charge in [0, 0.05) is 92.5 Å². The molecule has 0 spiro atoms. The Hall–Kier alpha value is -17.2. The summed E-state index contributed by atoms with van der Waals surface area (Å²) in [5.74, 6) is 3.50. The van der Waals surface area contributed by atoms with Crippen molar-refractivity contribution in [3.8, 4) is 102 Å². The Morgan fingerprint density at radius 3 is 0.976 bits per heavy atom. The van der Waals surface area contributed by atoms with E-state index in [2.05, 4.69) is 282 Å². The van der Waals surface area contributed by atoms with Gasteiger partial charge in [0.05, 0.1) is 39.0 Å². The first kappa shape index (κ1) is 70.6. The molecular weight excluding hydrogens is 1550 g/mol. The first-order valence-corrected chi connectivity index (χ1v) is 42.3. The van der Waals surface area contributed by atoms with Gasteiger partial charge in [-0.05, 0) is 152 Å². The zero-order valence-electron chi connectivity index (χ0n) is 67.3. The minimum absolute atomic E-state index is 0.552. The van der Waals surface area contributed by atoms with Crippen LogP contribution in [0.5, 0.6) is 0 Å². The fraction of sp³-hybridized carbons (Fsp3) is 0. The topological polar surface area (TPSA) is 140 Å². The summed E-state index contributed by atoms with van der Waals surface area (Å²) in [5.41, 5.74) is 22.7. The van der Waals surface area contributed by atoms with Crippen molar-refractivity contribution in [1.29, 1.82) is 0 Å². The Morgan fingerprint density at radius 1 is 0.167 bits per heavy atom. The van der Waals surface area contributed by atoms with Crippen molar-refractivity contribution in [3.05, 3.63) is 400 Å². The lowest BCUT2D eigenvalue weighted by molar-refractivity contribution is 0.666. The van der Waals surface area contributed by atoms with Crippen LogP contribution in [0.2, 0.25) is 0 Å². The molecule has 0 bridgehead atoms. The monoisotopic (exact) mass is 1610 g/mol. The van der Waals surface area contributed by atoms with Crippen LogP contribution in [0.15, 0.2) is 418 Å². The molecule has 27 rings (SSSR count). The van der Waals surface area contributed by atoms with Crippen molar-refractivity contribution >= 4 is 164 Å². The molecule has 12 heteroatoms. The zero-order chi connectivity index (χ0) is 82.6. The van der Waals surface area contributed by atoms with Crippen LogP contribution in [0.1, 0.15) is 0 Å². The Kier molecular flexibility index (Phi) is 15.8. The molecule has 0 saturated heterocycles. The molecule has 0 saturated carbocycles. The molecule has 0 fully saturated rings. The molecule has 8 aromatic heterocycles. The third-order valence-corrected chi connectivity index (χ3v) is 25.1. The highest BCUT2D eigenvalue weighted by atomic mass is 16.3. The van der Waals surface area contributed by atoms with Crippen LogP contribution in [0, 0.1) is 0 Å². The van der Waals surface area contributed by atoms with Crippen molar-refractivity contribution < 1.29 is 17.7 Å². The van der Waals surface area contributed by atoms with Crippen molar-refractivity contribution in [2.45, 2.75) is 0 Å². The maximum absolute atomic E-state index is 6.94.